The van der Waals surface area contributed by atoms with Gasteiger partial charge in [-0.2, -0.15) is 0 Å². The van der Waals surface area contributed by atoms with Crippen LogP contribution in [0.2, 0.25) is 0 Å². The van der Waals surface area contributed by atoms with Crippen molar-refractivity contribution in [3.8, 4) is 0 Å². The second-order valence-electron chi connectivity index (χ2n) is 14.9. The zero-order valence-corrected chi connectivity index (χ0v) is 31.2. The molecule has 0 aliphatic rings. The molecule has 0 saturated heterocycles. The molecule has 2 amide bonds. The van der Waals surface area contributed by atoms with E-state index in [4.69, 9.17) is 0 Å². The van der Waals surface area contributed by atoms with Crippen LogP contribution in [0.1, 0.15) is 43.2 Å². The molecule has 0 bridgehead atoms. The lowest BCUT2D eigenvalue weighted by atomic mass is 9.92. The molecular weight excluding hydrogens is 721 g/mol. The van der Waals surface area contributed by atoms with Gasteiger partial charge < -0.3 is 10.6 Å². The summed E-state index contributed by atoms with van der Waals surface area (Å²) < 4.78 is 3.55. The number of amides is 2. The Balaban J connectivity index is 0.746. The fourth-order valence-electron chi connectivity index (χ4n) is 8.61. The van der Waals surface area contributed by atoms with Crippen molar-refractivity contribution >= 4 is 76.4 Å². The van der Waals surface area contributed by atoms with Gasteiger partial charge in [0.15, 0.2) is 0 Å². The number of hydrogen-bond donors (Lipinski definition) is 2. The van der Waals surface area contributed by atoms with Crippen LogP contribution < -0.4 is 10.6 Å². The third-order valence-corrected chi connectivity index (χ3v) is 11.4. The lowest BCUT2D eigenvalue weighted by Gasteiger charge is -2.13. The lowest BCUT2D eigenvalue weighted by molar-refractivity contribution is 0.0944. The first-order valence-electron chi connectivity index (χ1n) is 19.3. The van der Waals surface area contributed by atoms with Crippen LogP contribution in [0.25, 0.3) is 64.6 Å². The van der Waals surface area contributed by atoms with Gasteiger partial charge in [0.25, 0.3) is 11.8 Å². The number of hydrogen-bond acceptors (Lipinski definition) is 6. The molecule has 0 radical (unpaired) electrons. The Hall–Kier alpha value is -7.72. The summed E-state index contributed by atoms with van der Waals surface area (Å²) in [7, 11) is 0. The summed E-state index contributed by atoms with van der Waals surface area (Å²) in [6, 6.07) is 45.3. The molecule has 0 aliphatic heterocycles. The number of carbonyl (C=O) groups is 2. The van der Waals surface area contributed by atoms with E-state index in [1.54, 1.807) is 9.36 Å². The molecule has 11 aromatic rings. The van der Waals surface area contributed by atoms with E-state index >= 15 is 0 Å². The van der Waals surface area contributed by atoms with Crippen molar-refractivity contribution in [2.75, 3.05) is 0 Å². The second-order valence-corrected chi connectivity index (χ2v) is 14.9. The highest BCUT2D eigenvalue weighted by Crippen LogP contribution is 2.37. The molecule has 58 heavy (non-hydrogen) atoms. The summed E-state index contributed by atoms with van der Waals surface area (Å²) in [6.45, 7) is 1.47. The highest BCUT2D eigenvalue weighted by molar-refractivity contribution is 6.27. The Labute approximate surface area is 331 Å². The lowest BCUT2D eigenvalue weighted by Crippen LogP contribution is -2.23. The van der Waals surface area contributed by atoms with Crippen LogP contribution in [0.3, 0.4) is 0 Å². The first-order valence-corrected chi connectivity index (χ1v) is 19.3. The minimum Gasteiger partial charge on any atom is -0.346 e. The SMILES string of the molecule is O=C(NCc1cn(Cc2ccccc2Cn2cc(CNC(=O)c3ccc4ccc5cccc6ccc3c4c56)nn2)nn1)c1ccc2ccc3cccc4ccc1c2c34. The molecule has 10 heteroatoms. The third kappa shape index (κ3) is 5.73. The van der Waals surface area contributed by atoms with Crippen molar-refractivity contribution in [2.24, 2.45) is 0 Å². The van der Waals surface area contributed by atoms with Crippen LogP contribution in [-0.2, 0) is 26.2 Å². The van der Waals surface area contributed by atoms with Gasteiger partial charge in [-0.1, -0.05) is 132 Å². The van der Waals surface area contributed by atoms with E-state index in [0.29, 0.717) is 35.6 Å². The normalized spacial score (nSPS) is 11.9. The summed E-state index contributed by atoms with van der Waals surface area (Å²) in [5, 5.41) is 36.9. The first-order chi connectivity index (χ1) is 28.5. The monoisotopic (exact) mass is 754 g/mol. The van der Waals surface area contributed by atoms with Crippen molar-refractivity contribution in [3.05, 3.63) is 179 Å². The van der Waals surface area contributed by atoms with Crippen LogP contribution in [0.5, 0.6) is 0 Å². The molecule has 0 unspecified atom stereocenters. The zero-order chi connectivity index (χ0) is 38.7. The standard InChI is InChI=1S/C48H34N8O2/c57-47(41-21-17-33-13-11-29-7-3-9-31-15-19-39(41)45(33)43(29)31)49-23-37-27-55(53-51-37)25-35-5-1-2-6-36(35)26-56-28-38(52-54-56)24-50-48(58)42-22-18-34-14-12-30-8-4-10-32-16-20-40(42)46(34)44(30)32/h1-22,27-28H,23-26H2,(H,49,57)(H,50,58). The molecule has 0 saturated carbocycles. The molecule has 2 N–H and O–H groups in total. The Morgan fingerprint density at radius 3 is 1.24 bits per heavy atom. The predicted molar refractivity (Wildman–Crippen MR) is 227 cm³/mol. The molecule has 0 spiro atoms. The molecule has 0 aliphatic carbocycles. The first kappa shape index (κ1) is 33.6. The van der Waals surface area contributed by atoms with Crippen LogP contribution in [0.15, 0.2) is 146 Å². The highest BCUT2D eigenvalue weighted by Gasteiger charge is 2.18. The van der Waals surface area contributed by atoms with E-state index in [9.17, 15) is 9.59 Å². The minimum atomic E-state index is -0.156. The van der Waals surface area contributed by atoms with Gasteiger partial charge in [-0.15, -0.1) is 10.2 Å². The second kappa shape index (κ2) is 13.5. The Morgan fingerprint density at radius 1 is 0.431 bits per heavy atom. The number of carbonyl (C=O) groups excluding carboxylic acids is 2. The number of aromatic nitrogens is 6. The summed E-state index contributed by atoms with van der Waals surface area (Å²) in [6.07, 6.45) is 3.72. The van der Waals surface area contributed by atoms with Crippen LogP contribution in [-0.4, -0.2) is 41.8 Å². The Kier molecular flexibility index (Phi) is 7.82. The van der Waals surface area contributed by atoms with Gasteiger partial charge in [0, 0.05) is 11.1 Å². The molecule has 9 aromatic carbocycles. The van der Waals surface area contributed by atoms with E-state index < -0.39 is 0 Å². The molecule has 0 atom stereocenters. The van der Waals surface area contributed by atoms with Crippen LogP contribution in [0.4, 0.5) is 0 Å². The van der Waals surface area contributed by atoms with Gasteiger partial charge in [0.05, 0.1) is 38.6 Å². The summed E-state index contributed by atoms with van der Waals surface area (Å²) in [5.74, 6) is -0.311. The quantitative estimate of drug-likeness (QED) is 0.135. The number of nitrogens with one attached hydrogen (secondary N) is 2. The zero-order valence-electron chi connectivity index (χ0n) is 31.2. The van der Waals surface area contributed by atoms with Gasteiger partial charge in [-0.25, -0.2) is 9.36 Å². The summed E-state index contributed by atoms with van der Waals surface area (Å²) in [5.41, 5.74) is 4.69. The van der Waals surface area contributed by atoms with E-state index in [1.807, 2.05) is 60.9 Å². The maximum Gasteiger partial charge on any atom is 0.252 e. The maximum absolute atomic E-state index is 13.5. The predicted octanol–water partition coefficient (Wildman–Crippen LogP) is 8.62. The molecule has 11 rings (SSSR count). The van der Waals surface area contributed by atoms with Crippen LogP contribution in [0, 0.1) is 0 Å². The van der Waals surface area contributed by atoms with Crippen molar-refractivity contribution in [2.45, 2.75) is 26.2 Å². The van der Waals surface area contributed by atoms with Gasteiger partial charge >= 0.3 is 0 Å². The molecule has 2 heterocycles. The fourth-order valence-corrected chi connectivity index (χ4v) is 8.61. The van der Waals surface area contributed by atoms with Gasteiger partial charge in [0.1, 0.15) is 11.4 Å². The summed E-state index contributed by atoms with van der Waals surface area (Å²) in [4.78, 5) is 27.1. The van der Waals surface area contributed by atoms with Gasteiger partial charge in [0.2, 0.25) is 0 Å². The van der Waals surface area contributed by atoms with E-state index in [-0.39, 0.29) is 24.9 Å². The molecule has 278 valence electrons. The largest absolute Gasteiger partial charge is 0.346 e. The molecule has 10 nitrogen and oxygen atoms in total. The number of rotatable bonds is 10. The molecule has 0 fully saturated rings. The van der Waals surface area contributed by atoms with Gasteiger partial charge in [-0.05, 0) is 87.9 Å². The third-order valence-electron chi connectivity index (χ3n) is 11.4. The topological polar surface area (TPSA) is 120 Å². The fraction of sp³-hybridized carbons (Fsp3) is 0.0833. The summed E-state index contributed by atoms with van der Waals surface area (Å²) >= 11 is 0. The Bertz CT molecular complexity index is 3110. The Morgan fingerprint density at radius 2 is 0.810 bits per heavy atom. The number of nitrogens with zero attached hydrogens (tertiary/aromatic N) is 6. The van der Waals surface area contributed by atoms with Crippen LogP contribution >= 0.6 is 0 Å². The molecule has 2 aromatic heterocycles. The minimum absolute atomic E-state index is 0.156. The maximum atomic E-state index is 13.5. The van der Waals surface area contributed by atoms with Crippen molar-refractivity contribution < 1.29 is 9.59 Å². The average molecular weight is 755 g/mol. The van der Waals surface area contributed by atoms with Gasteiger partial charge in [-0.3, -0.25) is 9.59 Å². The van der Waals surface area contributed by atoms with E-state index in [1.165, 1.54) is 10.8 Å². The van der Waals surface area contributed by atoms with E-state index in [0.717, 1.165) is 65.0 Å². The van der Waals surface area contributed by atoms with Crippen molar-refractivity contribution in [1.82, 2.24) is 40.6 Å². The average Bonchev–Trinajstić information content (AvgIpc) is 3.92. The highest BCUT2D eigenvalue weighted by atomic mass is 16.2. The smallest absolute Gasteiger partial charge is 0.252 e. The molecular formula is C48H34N8O2. The van der Waals surface area contributed by atoms with Crippen molar-refractivity contribution in [1.29, 1.82) is 0 Å². The van der Waals surface area contributed by atoms with Crippen molar-refractivity contribution in [3.63, 3.8) is 0 Å². The number of benzene rings is 9. The van der Waals surface area contributed by atoms with E-state index in [2.05, 4.69) is 116 Å².